The van der Waals surface area contributed by atoms with Crippen LogP contribution in [0.5, 0.6) is 11.5 Å². The van der Waals surface area contributed by atoms with Gasteiger partial charge in [-0.2, -0.15) is 4.98 Å². The van der Waals surface area contributed by atoms with Gasteiger partial charge in [-0.25, -0.2) is 0 Å². The van der Waals surface area contributed by atoms with Gasteiger partial charge in [0.15, 0.2) is 11.5 Å². The molecule has 2 aliphatic heterocycles. The highest BCUT2D eigenvalue weighted by atomic mass is 16.7. The quantitative estimate of drug-likeness (QED) is 0.598. The minimum absolute atomic E-state index is 0.115. The summed E-state index contributed by atoms with van der Waals surface area (Å²) in [6, 6.07) is 9.74. The first-order valence-electron chi connectivity index (χ1n) is 10.4. The Balaban J connectivity index is 1.08. The van der Waals surface area contributed by atoms with E-state index in [1.807, 2.05) is 29.2 Å². The second kappa shape index (κ2) is 8.73. The number of piperazine rings is 1. The van der Waals surface area contributed by atoms with E-state index in [1.165, 1.54) is 5.56 Å². The number of fused-ring (bicyclic) bond motifs is 1. The number of carbonyl (C=O) groups excluding carboxylic acids is 1. The number of rotatable bonds is 6. The van der Waals surface area contributed by atoms with Crippen molar-refractivity contribution in [2.45, 2.75) is 19.4 Å². The molecule has 3 aromatic rings. The number of carbonyl (C=O) groups is 1. The Morgan fingerprint density at radius 1 is 1.06 bits per heavy atom. The van der Waals surface area contributed by atoms with E-state index in [0.717, 1.165) is 36.7 Å². The van der Waals surface area contributed by atoms with Crippen molar-refractivity contribution in [3.63, 3.8) is 0 Å². The molecular weight excluding hydrogens is 398 g/mol. The SMILES string of the molecule is O=C(CCc1nc(-c2cccnc2)no1)N1CCN(Cc2ccc3c(c2)OCO3)CC1. The average Bonchev–Trinajstić information content (AvgIpc) is 3.48. The van der Waals surface area contributed by atoms with E-state index in [2.05, 4.69) is 26.1 Å². The second-order valence-electron chi connectivity index (χ2n) is 7.60. The van der Waals surface area contributed by atoms with E-state index in [-0.39, 0.29) is 12.7 Å². The Morgan fingerprint density at radius 2 is 1.94 bits per heavy atom. The predicted octanol–water partition coefficient (Wildman–Crippen LogP) is 2.14. The van der Waals surface area contributed by atoms with Crippen LogP contribution in [-0.2, 0) is 17.8 Å². The lowest BCUT2D eigenvalue weighted by Crippen LogP contribution is -2.48. The summed E-state index contributed by atoms with van der Waals surface area (Å²) < 4.78 is 16.1. The van der Waals surface area contributed by atoms with Crippen molar-refractivity contribution in [2.24, 2.45) is 0 Å². The summed E-state index contributed by atoms with van der Waals surface area (Å²) in [4.78, 5) is 25.3. The first kappa shape index (κ1) is 19.5. The van der Waals surface area contributed by atoms with Gasteiger partial charge in [0.05, 0.1) is 0 Å². The molecule has 0 N–H and O–H groups in total. The van der Waals surface area contributed by atoms with Gasteiger partial charge >= 0.3 is 0 Å². The van der Waals surface area contributed by atoms with Crippen LogP contribution in [-0.4, -0.2) is 63.8 Å². The van der Waals surface area contributed by atoms with Gasteiger partial charge in [0, 0.05) is 63.5 Å². The molecule has 4 heterocycles. The number of ether oxygens (including phenoxy) is 2. The lowest BCUT2D eigenvalue weighted by atomic mass is 10.1. The summed E-state index contributed by atoms with van der Waals surface area (Å²) in [7, 11) is 0. The van der Waals surface area contributed by atoms with Crippen LogP contribution in [0.1, 0.15) is 17.9 Å². The minimum atomic E-state index is 0.115. The molecule has 9 heteroatoms. The van der Waals surface area contributed by atoms with Crippen LogP contribution in [0, 0.1) is 0 Å². The van der Waals surface area contributed by atoms with Crippen LogP contribution >= 0.6 is 0 Å². The fraction of sp³-hybridized carbons (Fsp3) is 0.364. The van der Waals surface area contributed by atoms with Crippen molar-refractivity contribution >= 4 is 5.91 Å². The third kappa shape index (κ3) is 4.51. The Labute approximate surface area is 179 Å². The van der Waals surface area contributed by atoms with E-state index in [4.69, 9.17) is 14.0 Å². The lowest BCUT2D eigenvalue weighted by molar-refractivity contribution is -0.133. The molecule has 160 valence electrons. The maximum atomic E-state index is 12.6. The molecule has 0 radical (unpaired) electrons. The number of nitrogens with zero attached hydrogens (tertiary/aromatic N) is 5. The van der Waals surface area contributed by atoms with Crippen LogP contribution in [0.15, 0.2) is 47.2 Å². The van der Waals surface area contributed by atoms with E-state index in [1.54, 1.807) is 12.4 Å². The maximum Gasteiger partial charge on any atom is 0.231 e. The fourth-order valence-corrected chi connectivity index (χ4v) is 3.79. The van der Waals surface area contributed by atoms with Gasteiger partial charge in [0.1, 0.15) is 0 Å². The van der Waals surface area contributed by atoms with Crippen molar-refractivity contribution in [1.29, 1.82) is 0 Å². The monoisotopic (exact) mass is 421 g/mol. The fourth-order valence-electron chi connectivity index (χ4n) is 3.79. The predicted molar refractivity (Wildman–Crippen MR) is 110 cm³/mol. The molecule has 0 spiro atoms. The molecule has 1 aromatic carbocycles. The Bertz CT molecular complexity index is 1050. The molecule has 0 unspecified atom stereocenters. The number of hydrogen-bond donors (Lipinski definition) is 0. The van der Waals surface area contributed by atoms with E-state index in [0.29, 0.717) is 37.6 Å². The van der Waals surface area contributed by atoms with Crippen molar-refractivity contribution < 1.29 is 18.8 Å². The Kier molecular flexibility index (Phi) is 5.49. The van der Waals surface area contributed by atoms with E-state index >= 15 is 0 Å². The normalized spacial score (nSPS) is 15.9. The van der Waals surface area contributed by atoms with Crippen LogP contribution in [0.2, 0.25) is 0 Å². The average molecular weight is 421 g/mol. The van der Waals surface area contributed by atoms with Gasteiger partial charge in [-0.1, -0.05) is 11.2 Å². The highest BCUT2D eigenvalue weighted by molar-refractivity contribution is 5.76. The zero-order chi connectivity index (χ0) is 21.0. The summed E-state index contributed by atoms with van der Waals surface area (Å²) in [5.41, 5.74) is 1.98. The zero-order valence-corrected chi connectivity index (χ0v) is 17.1. The van der Waals surface area contributed by atoms with Gasteiger partial charge in [0.2, 0.25) is 24.4 Å². The molecule has 0 atom stereocenters. The summed E-state index contributed by atoms with van der Waals surface area (Å²) in [6.07, 6.45) is 4.17. The number of pyridine rings is 1. The van der Waals surface area contributed by atoms with Gasteiger partial charge in [-0.05, 0) is 29.8 Å². The van der Waals surface area contributed by atoms with Crippen LogP contribution in [0.25, 0.3) is 11.4 Å². The molecule has 5 rings (SSSR count). The van der Waals surface area contributed by atoms with Crippen LogP contribution in [0.4, 0.5) is 0 Å². The van der Waals surface area contributed by atoms with Gasteiger partial charge in [0.25, 0.3) is 0 Å². The highest BCUT2D eigenvalue weighted by Crippen LogP contribution is 2.32. The number of hydrogen-bond acceptors (Lipinski definition) is 8. The molecular formula is C22H23N5O4. The first-order chi connectivity index (χ1) is 15.2. The molecule has 31 heavy (non-hydrogen) atoms. The number of aromatic nitrogens is 3. The molecule has 2 aliphatic rings. The van der Waals surface area contributed by atoms with Crippen LogP contribution < -0.4 is 9.47 Å². The second-order valence-corrected chi connectivity index (χ2v) is 7.60. The molecule has 0 aliphatic carbocycles. The maximum absolute atomic E-state index is 12.6. The molecule has 1 amide bonds. The van der Waals surface area contributed by atoms with Crippen molar-refractivity contribution in [3.05, 3.63) is 54.2 Å². The van der Waals surface area contributed by atoms with E-state index in [9.17, 15) is 4.79 Å². The van der Waals surface area contributed by atoms with Gasteiger partial charge in [-0.3, -0.25) is 14.7 Å². The van der Waals surface area contributed by atoms with Crippen molar-refractivity contribution in [3.8, 4) is 22.9 Å². The minimum Gasteiger partial charge on any atom is -0.454 e. The number of benzene rings is 1. The van der Waals surface area contributed by atoms with Crippen molar-refractivity contribution in [1.82, 2.24) is 24.9 Å². The first-order valence-corrected chi connectivity index (χ1v) is 10.4. The standard InChI is InChI=1S/C22H23N5O4/c28-21(6-5-20-24-22(25-31-20)17-2-1-7-23-13-17)27-10-8-26(9-11-27)14-16-3-4-18-19(12-16)30-15-29-18/h1-4,7,12-13H,5-6,8-11,14-15H2. The lowest BCUT2D eigenvalue weighted by Gasteiger charge is -2.34. The van der Waals surface area contributed by atoms with Gasteiger partial charge < -0.3 is 18.9 Å². The van der Waals surface area contributed by atoms with Crippen molar-refractivity contribution in [2.75, 3.05) is 33.0 Å². The zero-order valence-electron chi connectivity index (χ0n) is 17.1. The molecule has 0 saturated carbocycles. The highest BCUT2D eigenvalue weighted by Gasteiger charge is 2.22. The molecule has 1 saturated heterocycles. The largest absolute Gasteiger partial charge is 0.454 e. The third-order valence-corrected chi connectivity index (χ3v) is 5.51. The summed E-state index contributed by atoms with van der Waals surface area (Å²) in [5.74, 6) is 2.68. The number of amides is 1. The smallest absolute Gasteiger partial charge is 0.231 e. The number of aryl methyl sites for hydroxylation is 1. The van der Waals surface area contributed by atoms with Crippen LogP contribution in [0.3, 0.4) is 0 Å². The van der Waals surface area contributed by atoms with E-state index < -0.39 is 0 Å². The molecule has 2 aromatic heterocycles. The molecule has 1 fully saturated rings. The third-order valence-electron chi connectivity index (χ3n) is 5.51. The Morgan fingerprint density at radius 3 is 2.77 bits per heavy atom. The summed E-state index contributed by atoms with van der Waals surface area (Å²) in [6.45, 7) is 4.23. The van der Waals surface area contributed by atoms with Gasteiger partial charge in [-0.15, -0.1) is 0 Å². The topological polar surface area (TPSA) is 93.8 Å². The molecule has 0 bridgehead atoms. The summed E-state index contributed by atoms with van der Waals surface area (Å²) >= 11 is 0. The Hall–Kier alpha value is -3.46. The summed E-state index contributed by atoms with van der Waals surface area (Å²) in [5, 5.41) is 3.97. The molecule has 9 nitrogen and oxygen atoms in total.